The Morgan fingerprint density at radius 2 is 1.59 bits per heavy atom. The van der Waals surface area contributed by atoms with Crippen LogP contribution in [0.3, 0.4) is 0 Å². The maximum absolute atomic E-state index is 13.1. The van der Waals surface area contributed by atoms with Crippen LogP contribution in [0.5, 0.6) is 5.75 Å². The smallest absolute Gasteiger partial charge is 0.316 e. The van der Waals surface area contributed by atoms with Crippen LogP contribution in [-0.2, 0) is 19.2 Å². The van der Waals surface area contributed by atoms with Gasteiger partial charge in [-0.25, -0.2) is 4.90 Å². The van der Waals surface area contributed by atoms with E-state index in [0.29, 0.717) is 5.69 Å². The van der Waals surface area contributed by atoms with E-state index in [4.69, 9.17) is 4.74 Å². The maximum atomic E-state index is 13.1. The monoisotopic (exact) mass is 520 g/mol. The van der Waals surface area contributed by atoms with Gasteiger partial charge in [0.25, 0.3) is 0 Å². The molecule has 6 rings (SSSR count). The molecule has 0 N–H and O–H groups in total. The van der Waals surface area contributed by atoms with Gasteiger partial charge in [-0.1, -0.05) is 34.1 Å². The largest absolute Gasteiger partial charge is 0.426 e. The fourth-order valence-electron chi connectivity index (χ4n) is 5.78. The summed E-state index contributed by atoms with van der Waals surface area (Å²) >= 11 is 3.38. The summed E-state index contributed by atoms with van der Waals surface area (Å²) in [5, 5.41) is 0. The first kappa shape index (κ1) is 21.3. The summed E-state index contributed by atoms with van der Waals surface area (Å²) in [5.41, 5.74) is 1.14. The van der Waals surface area contributed by atoms with Gasteiger partial charge in [-0.05, 0) is 54.7 Å². The van der Waals surface area contributed by atoms with Gasteiger partial charge in [0.1, 0.15) is 5.75 Å². The minimum absolute atomic E-state index is 0.0663. The van der Waals surface area contributed by atoms with E-state index in [1.165, 1.54) is 4.90 Å². The SMILES string of the molecule is O=C(Oc1cccc(N2C(=O)[C@H]3[C@H](C2=O)[C@H]2C=C[C@H]3C2)c1)[C@H]1CC(=O)N(c2ccc(Br)cc2)C1. The second-order valence-electron chi connectivity index (χ2n) is 9.31. The average molecular weight is 521 g/mol. The number of nitrogens with zero attached hydrogens (tertiary/aromatic N) is 2. The molecule has 0 aromatic heterocycles. The highest BCUT2D eigenvalue weighted by molar-refractivity contribution is 9.10. The Balaban J connectivity index is 1.16. The number of imide groups is 1. The Kier molecular flexibility index (Phi) is 4.95. The highest BCUT2D eigenvalue weighted by Gasteiger charge is 2.59. The molecule has 2 aliphatic carbocycles. The number of carbonyl (C=O) groups excluding carboxylic acids is 4. The van der Waals surface area contributed by atoms with Crippen LogP contribution in [-0.4, -0.2) is 30.2 Å². The number of halogens is 1. The summed E-state index contributed by atoms with van der Waals surface area (Å²) in [6.07, 6.45) is 5.05. The van der Waals surface area contributed by atoms with Gasteiger partial charge in [-0.15, -0.1) is 0 Å². The van der Waals surface area contributed by atoms with Crippen molar-refractivity contribution in [2.45, 2.75) is 12.8 Å². The maximum Gasteiger partial charge on any atom is 0.316 e. The van der Waals surface area contributed by atoms with Crippen LogP contribution in [0, 0.1) is 29.6 Å². The van der Waals surface area contributed by atoms with E-state index in [9.17, 15) is 19.2 Å². The van der Waals surface area contributed by atoms with Gasteiger partial charge >= 0.3 is 5.97 Å². The molecule has 3 amide bonds. The Morgan fingerprint density at radius 1 is 0.912 bits per heavy atom. The summed E-state index contributed by atoms with van der Waals surface area (Å²) < 4.78 is 6.49. The van der Waals surface area contributed by atoms with E-state index >= 15 is 0 Å². The molecule has 0 spiro atoms. The number of benzene rings is 2. The number of ether oxygens (including phenoxy) is 1. The minimum atomic E-state index is -0.601. The zero-order valence-electron chi connectivity index (χ0n) is 18.1. The first-order chi connectivity index (χ1) is 16.4. The molecule has 5 atom stereocenters. The minimum Gasteiger partial charge on any atom is -0.426 e. The van der Waals surface area contributed by atoms with Gasteiger partial charge in [0.05, 0.1) is 23.4 Å². The number of anilines is 2. The lowest BCUT2D eigenvalue weighted by molar-refractivity contribution is -0.139. The summed E-state index contributed by atoms with van der Waals surface area (Å²) in [7, 11) is 0. The molecule has 2 bridgehead atoms. The van der Waals surface area contributed by atoms with Gasteiger partial charge in [-0.2, -0.15) is 0 Å². The number of rotatable bonds is 4. The van der Waals surface area contributed by atoms with Crippen molar-refractivity contribution in [2.24, 2.45) is 29.6 Å². The van der Waals surface area contributed by atoms with Crippen molar-refractivity contribution in [3.63, 3.8) is 0 Å². The first-order valence-electron chi connectivity index (χ1n) is 11.3. The Hall–Kier alpha value is -3.26. The quantitative estimate of drug-likeness (QED) is 0.265. The molecule has 0 radical (unpaired) electrons. The molecule has 172 valence electrons. The highest BCUT2D eigenvalue weighted by Crippen LogP contribution is 2.53. The fraction of sp³-hybridized carbons (Fsp3) is 0.308. The average Bonchev–Trinajstić information content (AvgIpc) is 3.58. The summed E-state index contributed by atoms with van der Waals surface area (Å²) in [4.78, 5) is 54.3. The predicted molar refractivity (Wildman–Crippen MR) is 127 cm³/mol. The van der Waals surface area contributed by atoms with E-state index in [2.05, 4.69) is 28.1 Å². The van der Waals surface area contributed by atoms with Crippen molar-refractivity contribution < 1.29 is 23.9 Å². The van der Waals surface area contributed by atoms with Crippen molar-refractivity contribution in [1.82, 2.24) is 0 Å². The second kappa shape index (κ2) is 7.91. The van der Waals surface area contributed by atoms with E-state index in [1.54, 1.807) is 29.2 Å². The molecule has 2 aromatic rings. The van der Waals surface area contributed by atoms with Crippen LogP contribution in [0.1, 0.15) is 12.8 Å². The number of esters is 1. The topological polar surface area (TPSA) is 84.0 Å². The molecule has 1 saturated carbocycles. The van der Waals surface area contributed by atoms with Crippen LogP contribution in [0.4, 0.5) is 11.4 Å². The van der Waals surface area contributed by atoms with Crippen LogP contribution < -0.4 is 14.5 Å². The Labute approximate surface area is 204 Å². The van der Waals surface area contributed by atoms with Crippen LogP contribution in [0.15, 0.2) is 65.2 Å². The van der Waals surface area contributed by atoms with E-state index in [-0.39, 0.29) is 60.1 Å². The zero-order valence-corrected chi connectivity index (χ0v) is 19.7. The van der Waals surface area contributed by atoms with E-state index in [0.717, 1.165) is 16.6 Å². The Bertz CT molecular complexity index is 1230. The normalized spacial score (nSPS) is 29.3. The molecule has 8 heteroatoms. The molecule has 2 aromatic carbocycles. The van der Waals surface area contributed by atoms with Gasteiger partial charge in [-0.3, -0.25) is 19.2 Å². The van der Waals surface area contributed by atoms with Crippen molar-refractivity contribution in [2.75, 3.05) is 16.3 Å². The predicted octanol–water partition coefficient (Wildman–Crippen LogP) is 3.72. The third kappa shape index (κ3) is 3.31. The molecule has 4 aliphatic rings. The molecule has 2 saturated heterocycles. The van der Waals surface area contributed by atoms with Crippen LogP contribution in [0.2, 0.25) is 0 Å². The lowest BCUT2D eigenvalue weighted by Gasteiger charge is -2.18. The summed E-state index contributed by atoms with van der Waals surface area (Å²) in [5.74, 6) is -1.68. The van der Waals surface area contributed by atoms with Gasteiger partial charge < -0.3 is 9.64 Å². The molecular formula is C26H21BrN2O5. The Morgan fingerprint density at radius 3 is 2.26 bits per heavy atom. The van der Waals surface area contributed by atoms with Crippen molar-refractivity contribution in [3.8, 4) is 5.75 Å². The molecule has 7 nitrogen and oxygen atoms in total. The molecule has 34 heavy (non-hydrogen) atoms. The number of carbonyl (C=O) groups is 4. The molecule has 2 aliphatic heterocycles. The summed E-state index contributed by atoms with van der Waals surface area (Å²) in [6.45, 7) is 0.237. The first-order valence-corrected chi connectivity index (χ1v) is 12.1. The van der Waals surface area contributed by atoms with Crippen LogP contribution >= 0.6 is 15.9 Å². The number of hydrogen-bond donors (Lipinski definition) is 0. The number of hydrogen-bond acceptors (Lipinski definition) is 5. The van der Waals surface area contributed by atoms with Crippen molar-refractivity contribution >= 4 is 51.0 Å². The molecule has 2 heterocycles. The fourth-order valence-corrected chi connectivity index (χ4v) is 6.04. The third-order valence-corrected chi connectivity index (χ3v) is 7.89. The lowest BCUT2D eigenvalue weighted by Crippen LogP contribution is -2.32. The lowest BCUT2D eigenvalue weighted by atomic mass is 9.85. The zero-order chi connectivity index (χ0) is 23.6. The van der Waals surface area contributed by atoms with Crippen molar-refractivity contribution in [3.05, 3.63) is 65.2 Å². The highest BCUT2D eigenvalue weighted by atomic mass is 79.9. The molecule has 3 fully saturated rings. The standard InChI is InChI=1S/C26H21BrN2O5/c27-17-6-8-18(9-7-17)28-13-16(11-21(28)30)26(33)34-20-3-1-2-19(12-20)29-24(31)22-14-4-5-15(10-14)23(22)25(29)32/h1-9,12,14-16,22-23H,10-11,13H2/t14-,15-,16-,22+,23+/m0/s1. The third-order valence-electron chi connectivity index (χ3n) is 7.36. The van der Waals surface area contributed by atoms with Crippen molar-refractivity contribution in [1.29, 1.82) is 0 Å². The molecule has 0 unspecified atom stereocenters. The van der Waals surface area contributed by atoms with E-state index in [1.807, 2.05) is 24.3 Å². The number of amides is 3. The van der Waals surface area contributed by atoms with Crippen LogP contribution in [0.25, 0.3) is 0 Å². The van der Waals surface area contributed by atoms with Gasteiger partial charge in [0.2, 0.25) is 17.7 Å². The number of fused-ring (bicyclic) bond motifs is 5. The molecular weight excluding hydrogens is 500 g/mol. The number of allylic oxidation sites excluding steroid dienone is 2. The van der Waals surface area contributed by atoms with E-state index < -0.39 is 11.9 Å². The summed E-state index contributed by atoms with van der Waals surface area (Å²) in [6, 6.07) is 13.8. The second-order valence-corrected chi connectivity index (χ2v) is 10.2. The van der Waals surface area contributed by atoms with Gasteiger partial charge in [0.15, 0.2) is 0 Å². The van der Waals surface area contributed by atoms with Gasteiger partial charge in [0, 0.05) is 29.2 Å².